The molecule has 2 aliphatic heterocycles. The van der Waals surface area contributed by atoms with Crippen LogP contribution in [0.1, 0.15) is 169 Å². The molecule has 2 heterocycles. The molecule has 2 saturated heterocycles. The summed E-state index contributed by atoms with van der Waals surface area (Å²) in [4.78, 5) is 67.9. The van der Waals surface area contributed by atoms with Crippen LogP contribution in [0.25, 0.3) is 0 Å². The lowest BCUT2D eigenvalue weighted by molar-refractivity contribution is -0.355. The number of hydrogen-bond acceptors (Lipinski definition) is 16. The Morgan fingerprint density at radius 1 is 0.753 bits per heavy atom. The summed E-state index contributed by atoms with van der Waals surface area (Å²) in [6.45, 7) is 47.9. The van der Waals surface area contributed by atoms with Crippen molar-refractivity contribution in [3.63, 3.8) is 0 Å². The Bertz CT molecular complexity index is 2780. The summed E-state index contributed by atoms with van der Waals surface area (Å²) >= 11 is 0. The first-order valence-electron chi connectivity index (χ1n) is 33.9. The number of esters is 4. The SMILES string of the molecule is C=C(C[C@@H](C[C@]1(OC)O[C@H](C[C@H](CC(=O)O[C@H](C[C@@H]2C/C(=C\C(=O)OC)[C@H](OC(=O)CCC)[C@](O)(C(C)(C)/C=C/C=O)O2)[C@@H](C)O[Si](C)(C)C(C)(C)C)O[Si](c2ccccc2)(c2ccccc2)C(C)(C)C)C[C@H](OC(C)=O)C1(C)C)O[Si](CC)(CC)CC)C[Si](C)(C)C. The van der Waals surface area contributed by atoms with E-state index in [1.165, 1.54) is 32.3 Å². The highest BCUT2D eigenvalue weighted by Gasteiger charge is 2.61. The number of ether oxygens (including phenoxy) is 7. The van der Waals surface area contributed by atoms with Gasteiger partial charge < -0.3 is 51.5 Å². The Kier molecular flexibility index (Phi) is 29.1. The van der Waals surface area contributed by atoms with Crippen LogP contribution in [0.2, 0.25) is 67.0 Å². The molecule has 0 saturated carbocycles. The van der Waals surface area contributed by atoms with Crippen LogP contribution in [-0.4, -0.2) is 143 Å². The van der Waals surface area contributed by atoms with Crippen LogP contribution in [0.5, 0.6) is 0 Å². The van der Waals surface area contributed by atoms with Crippen LogP contribution >= 0.6 is 0 Å². The van der Waals surface area contributed by atoms with Gasteiger partial charge in [0.25, 0.3) is 8.32 Å². The maximum Gasteiger partial charge on any atom is 0.330 e. The second kappa shape index (κ2) is 33.4. The number of allylic oxidation sites excluding steroid dienone is 1. The zero-order valence-electron chi connectivity index (χ0n) is 61.2. The van der Waals surface area contributed by atoms with Crippen molar-refractivity contribution in [3.8, 4) is 0 Å². The van der Waals surface area contributed by atoms with Gasteiger partial charge in [0.05, 0.1) is 49.5 Å². The summed E-state index contributed by atoms with van der Waals surface area (Å²) in [5.74, 6) is -6.24. The predicted octanol–water partition coefficient (Wildman–Crippen LogP) is 14.6. The molecule has 1 N–H and O–H groups in total. The second-order valence-electron chi connectivity index (χ2n) is 31.0. The molecule has 0 unspecified atom stereocenters. The fraction of sp³-hybridized carbons (Fsp3) is 0.685. The van der Waals surface area contributed by atoms with Crippen LogP contribution in [0, 0.1) is 10.8 Å². The van der Waals surface area contributed by atoms with Crippen LogP contribution < -0.4 is 10.4 Å². The second-order valence-corrected chi connectivity index (χ2v) is 50.2. The van der Waals surface area contributed by atoms with E-state index in [1.807, 2.05) is 64.1 Å². The van der Waals surface area contributed by atoms with E-state index in [1.54, 1.807) is 21.0 Å². The van der Waals surface area contributed by atoms with Crippen LogP contribution in [0.4, 0.5) is 0 Å². The summed E-state index contributed by atoms with van der Waals surface area (Å²) in [5, 5.41) is 14.3. The number of hydrogen-bond donors (Lipinski definition) is 1. The van der Waals surface area contributed by atoms with E-state index in [4.69, 9.17) is 46.4 Å². The molecule has 10 atom stereocenters. The van der Waals surface area contributed by atoms with E-state index < -0.39 is 127 Å². The number of carbonyl (C=O) groups is 5. The minimum absolute atomic E-state index is 0.0158. The predicted molar refractivity (Wildman–Crippen MR) is 379 cm³/mol. The van der Waals surface area contributed by atoms with Gasteiger partial charge >= 0.3 is 23.9 Å². The largest absolute Gasteiger partial charge is 0.466 e. The lowest BCUT2D eigenvalue weighted by Gasteiger charge is -2.56. The first-order chi connectivity index (χ1) is 43.0. The fourth-order valence-corrected chi connectivity index (χ4v) is 24.1. The van der Waals surface area contributed by atoms with Gasteiger partial charge in [-0.2, -0.15) is 0 Å². The molecule has 2 aliphatic rings. The van der Waals surface area contributed by atoms with Gasteiger partial charge in [-0.25, -0.2) is 4.79 Å². The number of aliphatic hydroxyl groups is 1. The van der Waals surface area contributed by atoms with E-state index in [0.29, 0.717) is 25.5 Å². The molecule has 0 aliphatic carbocycles. The van der Waals surface area contributed by atoms with E-state index in [-0.39, 0.29) is 55.2 Å². The van der Waals surface area contributed by atoms with Crippen molar-refractivity contribution in [1.29, 1.82) is 0 Å². The van der Waals surface area contributed by atoms with Crippen molar-refractivity contribution < 1.29 is 75.5 Å². The van der Waals surface area contributed by atoms with Gasteiger partial charge in [0.2, 0.25) is 5.79 Å². The number of aldehydes is 1. The average Bonchev–Trinajstić information content (AvgIpc) is 0.754. The number of carbonyl (C=O) groups excluding carboxylic acids is 5. The molecule has 0 spiro atoms. The highest BCUT2D eigenvalue weighted by Crippen LogP contribution is 2.52. The average molecular weight is 1370 g/mol. The van der Waals surface area contributed by atoms with Gasteiger partial charge in [0.15, 0.2) is 28.5 Å². The van der Waals surface area contributed by atoms with Gasteiger partial charge in [-0.3, -0.25) is 19.2 Å². The van der Waals surface area contributed by atoms with Crippen molar-refractivity contribution in [2.75, 3.05) is 14.2 Å². The van der Waals surface area contributed by atoms with Crippen molar-refractivity contribution in [1.82, 2.24) is 0 Å². The third-order valence-corrected chi connectivity index (χ3v) is 35.8. The molecule has 2 aromatic carbocycles. The third kappa shape index (κ3) is 20.7. The molecule has 20 heteroatoms. The normalized spacial score (nSPS) is 23.5. The zero-order chi connectivity index (χ0) is 70.4. The highest BCUT2D eigenvalue weighted by atomic mass is 28.4. The molecule has 0 bridgehead atoms. The Labute approximate surface area is 563 Å². The van der Waals surface area contributed by atoms with E-state index in [2.05, 4.69) is 126 Å². The minimum Gasteiger partial charge on any atom is -0.466 e. The Morgan fingerprint density at radius 3 is 1.80 bits per heavy atom. The maximum atomic E-state index is 15.8. The molecule has 2 aromatic rings. The molecule has 0 amide bonds. The summed E-state index contributed by atoms with van der Waals surface area (Å²) in [6.07, 6.45) is -1.27. The van der Waals surface area contributed by atoms with Gasteiger partial charge in [-0.1, -0.05) is 189 Å². The summed E-state index contributed by atoms with van der Waals surface area (Å²) in [5.41, 5.74) is -1.05. The first kappa shape index (κ1) is 81.2. The lowest BCUT2D eigenvalue weighted by Crippen LogP contribution is -2.68. The molecule has 0 aromatic heterocycles. The van der Waals surface area contributed by atoms with E-state index in [0.717, 1.165) is 40.1 Å². The summed E-state index contributed by atoms with van der Waals surface area (Å²) < 4.78 is 68.3. The van der Waals surface area contributed by atoms with E-state index in [9.17, 15) is 24.3 Å². The number of benzene rings is 2. The monoisotopic (exact) mass is 1360 g/mol. The quantitative estimate of drug-likeness (QED) is 0.0173. The first-order valence-corrected chi connectivity index (χ1v) is 45.0. The molecule has 16 nitrogen and oxygen atoms in total. The fourth-order valence-electron chi connectivity index (χ4n) is 13.5. The molecular formula is C73H120O16Si4. The number of rotatable bonds is 34. The van der Waals surface area contributed by atoms with E-state index >= 15 is 4.79 Å². The topological polar surface area (TPSA) is 198 Å². The van der Waals surface area contributed by atoms with Gasteiger partial charge in [-0.05, 0) is 102 Å². The van der Waals surface area contributed by atoms with Crippen molar-refractivity contribution in [2.45, 2.75) is 296 Å². The maximum absolute atomic E-state index is 15.8. The summed E-state index contributed by atoms with van der Waals surface area (Å²) in [7, 11) is -7.13. The Morgan fingerprint density at radius 2 is 1.32 bits per heavy atom. The van der Waals surface area contributed by atoms with Crippen molar-refractivity contribution in [2.24, 2.45) is 10.8 Å². The molecule has 4 rings (SSSR count). The third-order valence-electron chi connectivity index (χ3n) is 19.9. The standard InChI is InChI=1S/C73H120O16Si4/c1-25-36-64(76)84-67-55(45-65(77)80-18)44-56(86-73(67,79)70(14,15)41-35-42-74)47-62(53(6)87-91(23,24)68(8,9)10)83-66(78)49-58(89-93(69(11,12)13,60-37-31-29-32-38-60)61-39-33-30-34-40-61)46-57-48-63(82-54(7)75)71(16,17)72(81-19,85-57)50-59(43-52(5)51-90(20,21)22)88-92(26-2,27-3)28-4/h29-35,37-42,45,53,56-59,62-63,67,79H,5,25-28,36,43-44,46-51H2,1-4,6-24H3/b41-35+,55-45+/t53-,56+,57-,58-,59+,62-,63+,67+,72+,73-/m1/s1. The minimum atomic E-state index is -3.50. The zero-order valence-corrected chi connectivity index (χ0v) is 65.2. The molecular weight excluding hydrogens is 1250 g/mol. The Balaban J connectivity index is 2.03. The smallest absolute Gasteiger partial charge is 0.330 e. The van der Waals surface area contributed by atoms with Gasteiger partial charge in [0, 0.05) is 59.3 Å². The van der Waals surface area contributed by atoms with Crippen LogP contribution in [0.3, 0.4) is 0 Å². The van der Waals surface area contributed by atoms with Gasteiger partial charge in [0.1, 0.15) is 18.5 Å². The molecule has 524 valence electrons. The van der Waals surface area contributed by atoms with Crippen molar-refractivity contribution in [3.05, 3.63) is 96.6 Å². The molecule has 93 heavy (non-hydrogen) atoms. The van der Waals surface area contributed by atoms with Crippen LogP contribution in [-0.2, 0) is 70.4 Å². The molecule has 2 fully saturated rings. The number of methoxy groups -OCH3 is 2. The highest BCUT2D eigenvalue weighted by molar-refractivity contribution is 6.99. The van der Waals surface area contributed by atoms with Gasteiger partial charge in [-0.15, -0.1) is 6.58 Å². The van der Waals surface area contributed by atoms with Crippen molar-refractivity contribution >= 4 is 73.6 Å². The Hall–Kier alpha value is -4.20. The molecule has 0 radical (unpaired) electrons. The summed E-state index contributed by atoms with van der Waals surface area (Å²) in [6, 6.07) is 24.1. The lowest BCUT2D eigenvalue weighted by atomic mass is 9.70. The van der Waals surface area contributed by atoms with Crippen LogP contribution in [0.15, 0.2) is 96.6 Å².